The van der Waals surface area contributed by atoms with Crippen LogP contribution in [0.4, 0.5) is 0 Å². The maximum absolute atomic E-state index is 13.0. The van der Waals surface area contributed by atoms with Gasteiger partial charge in [-0.1, -0.05) is 42.5 Å². The molecule has 36 heavy (non-hydrogen) atoms. The van der Waals surface area contributed by atoms with E-state index in [1.54, 1.807) is 0 Å². The van der Waals surface area contributed by atoms with Crippen LogP contribution in [0.5, 0.6) is 0 Å². The second-order valence-electron chi connectivity index (χ2n) is 9.17. The zero-order valence-corrected chi connectivity index (χ0v) is 21.4. The predicted octanol–water partition coefficient (Wildman–Crippen LogP) is 3.02. The third-order valence-electron chi connectivity index (χ3n) is 6.08. The number of amides is 1. The van der Waals surface area contributed by atoms with E-state index in [1.807, 2.05) is 17.0 Å². The molecule has 0 radical (unpaired) electrons. The van der Waals surface area contributed by atoms with Crippen molar-refractivity contribution in [1.82, 2.24) is 15.1 Å². The van der Waals surface area contributed by atoms with Gasteiger partial charge >= 0.3 is 0 Å². The van der Waals surface area contributed by atoms with Gasteiger partial charge in [0.15, 0.2) is 0 Å². The summed E-state index contributed by atoms with van der Waals surface area (Å²) in [5.74, 6) is -0.771. The lowest BCUT2D eigenvalue weighted by Crippen LogP contribution is -2.49. The molecule has 1 amide bonds. The Morgan fingerprint density at radius 2 is 1.50 bits per heavy atom. The van der Waals surface area contributed by atoms with E-state index in [1.165, 1.54) is 17.5 Å². The van der Waals surface area contributed by atoms with E-state index in [9.17, 15) is 4.79 Å². The Balaban J connectivity index is 0.000000501. The van der Waals surface area contributed by atoms with Gasteiger partial charge in [-0.15, -0.1) is 0 Å². The normalized spacial score (nSPS) is 17.3. The van der Waals surface area contributed by atoms with E-state index in [4.69, 9.17) is 19.8 Å². The topological polar surface area (TPSA) is 110 Å². The molecule has 0 spiro atoms. The van der Waals surface area contributed by atoms with Gasteiger partial charge in [0, 0.05) is 52.1 Å². The Hall–Kier alpha value is -3.23. The van der Waals surface area contributed by atoms with E-state index in [0.29, 0.717) is 5.92 Å². The molecule has 2 fully saturated rings. The largest absolute Gasteiger partial charge is 0.481 e. The van der Waals surface area contributed by atoms with Crippen LogP contribution in [-0.2, 0) is 22.4 Å². The first-order valence-corrected chi connectivity index (χ1v) is 12.5. The highest BCUT2D eigenvalue weighted by Crippen LogP contribution is 2.17. The summed E-state index contributed by atoms with van der Waals surface area (Å²) in [6.07, 6.45) is 3.39. The summed E-state index contributed by atoms with van der Waals surface area (Å²) in [7, 11) is 0. The van der Waals surface area contributed by atoms with Gasteiger partial charge in [0.25, 0.3) is 17.8 Å². The van der Waals surface area contributed by atoms with Gasteiger partial charge in [0.2, 0.25) is 0 Å². The zero-order chi connectivity index (χ0) is 26.3. The molecule has 8 heteroatoms. The number of nitrogens with one attached hydrogen (secondary N) is 1. The van der Waals surface area contributed by atoms with Crippen molar-refractivity contribution in [2.24, 2.45) is 5.92 Å². The van der Waals surface area contributed by atoms with Crippen LogP contribution in [0.1, 0.15) is 41.8 Å². The monoisotopic (exact) mass is 497 g/mol. The van der Waals surface area contributed by atoms with E-state index in [-0.39, 0.29) is 5.91 Å². The lowest BCUT2D eigenvalue weighted by molar-refractivity contribution is -0.135. The van der Waals surface area contributed by atoms with Crippen molar-refractivity contribution in [2.45, 2.75) is 33.1 Å². The van der Waals surface area contributed by atoms with Gasteiger partial charge in [0.05, 0.1) is 0 Å². The molecule has 3 N–H and O–H groups in total. The van der Waals surface area contributed by atoms with E-state index in [2.05, 4.69) is 52.7 Å². The second-order valence-corrected chi connectivity index (χ2v) is 9.17. The Morgan fingerprint density at radius 3 is 2.08 bits per heavy atom. The van der Waals surface area contributed by atoms with Crippen LogP contribution in [0.25, 0.3) is 0 Å². The fraction of sp³-hybridized carbons (Fsp3) is 0.464. The van der Waals surface area contributed by atoms with Crippen molar-refractivity contribution < 1.29 is 24.6 Å². The average Bonchev–Trinajstić information content (AvgIpc) is 3.36. The zero-order valence-electron chi connectivity index (χ0n) is 21.4. The summed E-state index contributed by atoms with van der Waals surface area (Å²) < 4.78 is 0. The number of aliphatic carboxylic acids is 2. The summed E-state index contributed by atoms with van der Waals surface area (Å²) in [5, 5.41) is 18.3. The first-order chi connectivity index (χ1) is 17.2. The summed E-state index contributed by atoms with van der Waals surface area (Å²) in [5.41, 5.74) is 3.53. The molecule has 0 aromatic heterocycles. The number of hydrogen-bond donors (Lipinski definition) is 3. The van der Waals surface area contributed by atoms with Crippen LogP contribution in [0.3, 0.4) is 0 Å². The molecule has 0 aliphatic carbocycles. The average molecular weight is 498 g/mol. The fourth-order valence-electron chi connectivity index (χ4n) is 4.34. The molecule has 2 aliphatic heterocycles. The quantitative estimate of drug-likeness (QED) is 0.563. The molecular weight excluding hydrogens is 458 g/mol. The number of piperazine rings is 1. The number of carboxylic acid groups (broad SMARTS) is 2. The minimum absolute atomic E-state index is 0.189. The van der Waals surface area contributed by atoms with Crippen LogP contribution in [-0.4, -0.2) is 83.7 Å². The molecule has 0 bridgehead atoms. The molecule has 2 aromatic rings. The van der Waals surface area contributed by atoms with Gasteiger partial charge in [0.1, 0.15) is 0 Å². The highest BCUT2D eigenvalue weighted by Gasteiger charge is 2.22. The number of carbonyl (C=O) groups excluding carboxylic acids is 1. The molecule has 2 aromatic carbocycles. The number of nitrogens with zero attached hydrogens (tertiary/aromatic N) is 2. The molecule has 8 nitrogen and oxygen atoms in total. The lowest BCUT2D eigenvalue weighted by Gasteiger charge is -2.34. The van der Waals surface area contributed by atoms with Crippen LogP contribution in [0.2, 0.25) is 0 Å². The van der Waals surface area contributed by atoms with Crippen LogP contribution in [0, 0.1) is 5.92 Å². The van der Waals surface area contributed by atoms with Crippen molar-refractivity contribution >= 4 is 17.8 Å². The highest BCUT2D eigenvalue weighted by molar-refractivity contribution is 5.94. The molecule has 4 rings (SSSR count). The van der Waals surface area contributed by atoms with Gasteiger partial charge in [-0.3, -0.25) is 19.3 Å². The maximum atomic E-state index is 13.0. The third-order valence-corrected chi connectivity index (χ3v) is 6.08. The standard InChI is InChI=1S/C24H31N3O.2C2H4O2/c28-24(23-8-4-7-21(18-23)17-22-9-11-25-19-22)27-15-13-26(14-16-27)12-10-20-5-2-1-3-6-20;2*1-2(3)4/h1-8,18,22,25H,9-17,19H2;2*1H3,(H,3,4). The molecule has 1 atom stereocenters. The van der Waals surface area contributed by atoms with Gasteiger partial charge in [-0.05, 0) is 61.5 Å². The molecule has 0 saturated carbocycles. The molecule has 2 saturated heterocycles. The lowest BCUT2D eigenvalue weighted by atomic mass is 9.97. The van der Waals surface area contributed by atoms with Crippen LogP contribution >= 0.6 is 0 Å². The van der Waals surface area contributed by atoms with Crippen LogP contribution in [0.15, 0.2) is 54.6 Å². The predicted molar refractivity (Wildman–Crippen MR) is 140 cm³/mol. The van der Waals surface area contributed by atoms with Gasteiger partial charge in [-0.25, -0.2) is 0 Å². The number of benzene rings is 2. The second kappa shape index (κ2) is 15.7. The molecule has 2 aliphatic rings. The number of carbonyl (C=O) groups is 3. The minimum Gasteiger partial charge on any atom is -0.481 e. The first-order valence-electron chi connectivity index (χ1n) is 12.5. The third kappa shape index (κ3) is 11.5. The number of hydrogen-bond acceptors (Lipinski definition) is 5. The maximum Gasteiger partial charge on any atom is 0.300 e. The van der Waals surface area contributed by atoms with Crippen molar-refractivity contribution in [2.75, 3.05) is 45.8 Å². The Kier molecular flexibility index (Phi) is 12.6. The Labute approximate surface area is 213 Å². The summed E-state index contributed by atoms with van der Waals surface area (Å²) in [6.45, 7) is 9.03. The van der Waals surface area contributed by atoms with E-state index < -0.39 is 11.9 Å². The molecule has 196 valence electrons. The fourth-order valence-corrected chi connectivity index (χ4v) is 4.34. The van der Waals surface area contributed by atoms with Gasteiger partial charge in [-0.2, -0.15) is 0 Å². The number of rotatable bonds is 6. The summed E-state index contributed by atoms with van der Waals surface area (Å²) in [4.78, 5) is 35.5. The van der Waals surface area contributed by atoms with Crippen molar-refractivity contribution in [3.63, 3.8) is 0 Å². The Morgan fingerprint density at radius 1 is 0.889 bits per heavy atom. The first kappa shape index (κ1) is 29.0. The SMILES string of the molecule is CC(=O)O.CC(=O)O.O=C(c1cccc(CC2CCNC2)c1)N1CCN(CCc2ccccc2)CC1. The highest BCUT2D eigenvalue weighted by atomic mass is 16.4. The molecule has 1 unspecified atom stereocenters. The summed E-state index contributed by atoms with van der Waals surface area (Å²) in [6, 6.07) is 18.9. The van der Waals surface area contributed by atoms with E-state index >= 15 is 0 Å². The molecule has 2 heterocycles. The van der Waals surface area contributed by atoms with Gasteiger partial charge < -0.3 is 20.4 Å². The van der Waals surface area contributed by atoms with Crippen molar-refractivity contribution in [3.05, 3.63) is 71.3 Å². The summed E-state index contributed by atoms with van der Waals surface area (Å²) >= 11 is 0. The molecular formula is C28H39N3O5. The van der Waals surface area contributed by atoms with E-state index in [0.717, 1.165) is 78.1 Å². The van der Waals surface area contributed by atoms with Crippen molar-refractivity contribution in [3.8, 4) is 0 Å². The Bertz CT molecular complexity index is 933. The van der Waals surface area contributed by atoms with Crippen molar-refractivity contribution in [1.29, 1.82) is 0 Å². The van der Waals surface area contributed by atoms with Crippen LogP contribution < -0.4 is 5.32 Å². The number of carboxylic acids is 2. The smallest absolute Gasteiger partial charge is 0.300 e. The minimum atomic E-state index is -0.833.